The Balaban J connectivity index is 0.00000400. The zero-order chi connectivity index (χ0) is 15.0. The van der Waals surface area contributed by atoms with Crippen molar-refractivity contribution in [2.45, 2.75) is 39.5 Å². The van der Waals surface area contributed by atoms with E-state index < -0.39 is 0 Å². The second kappa shape index (κ2) is 10.4. The van der Waals surface area contributed by atoms with Crippen LogP contribution >= 0.6 is 12.4 Å². The van der Waals surface area contributed by atoms with E-state index in [9.17, 15) is 9.59 Å². The van der Waals surface area contributed by atoms with Crippen LogP contribution in [0, 0.1) is 13.8 Å². The van der Waals surface area contributed by atoms with Crippen molar-refractivity contribution < 1.29 is 9.59 Å². The summed E-state index contributed by atoms with van der Waals surface area (Å²) >= 11 is 0. The van der Waals surface area contributed by atoms with Crippen molar-refractivity contribution in [1.29, 1.82) is 0 Å². The van der Waals surface area contributed by atoms with Gasteiger partial charge in [-0.1, -0.05) is 17.7 Å². The van der Waals surface area contributed by atoms with E-state index in [0.717, 1.165) is 29.5 Å². The third-order valence-corrected chi connectivity index (χ3v) is 3.23. The summed E-state index contributed by atoms with van der Waals surface area (Å²) in [7, 11) is 0. The molecule has 5 heteroatoms. The first-order valence-electron chi connectivity index (χ1n) is 7.12. The van der Waals surface area contributed by atoms with Crippen LogP contribution in [-0.4, -0.2) is 24.8 Å². The second-order valence-corrected chi connectivity index (χ2v) is 5.09. The van der Waals surface area contributed by atoms with Gasteiger partial charge in [0, 0.05) is 24.9 Å². The average Bonchev–Trinajstić information content (AvgIpc) is 2.43. The maximum Gasteiger partial charge on any atom is 0.220 e. The van der Waals surface area contributed by atoms with Crippen LogP contribution in [0.1, 0.15) is 47.2 Å². The van der Waals surface area contributed by atoms with E-state index in [1.807, 2.05) is 32.0 Å². The van der Waals surface area contributed by atoms with Crippen LogP contribution in [0.3, 0.4) is 0 Å². The fourth-order valence-corrected chi connectivity index (χ4v) is 1.98. The van der Waals surface area contributed by atoms with Gasteiger partial charge in [-0.3, -0.25) is 9.59 Å². The van der Waals surface area contributed by atoms with E-state index in [1.54, 1.807) is 0 Å². The Morgan fingerprint density at radius 1 is 1.14 bits per heavy atom. The SMILES string of the molecule is Cc1ccc(C)c(C(=O)CCC(=O)NCCCCN)c1.Cl. The minimum absolute atomic E-state index is 0. The van der Waals surface area contributed by atoms with Gasteiger partial charge in [-0.05, 0) is 44.9 Å². The lowest BCUT2D eigenvalue weighted by Crippen LogP contribution is -2.25. The third-order valence-electron chi connectivity index (χ3n) is 3.23. The van der Waals surface area contributed by atoms with E-state index >= 15 is 0 Å². The predicted molar refractivity (Wildman–Crippen MR) is 88.0 cm³/mol. The first-order chi connectivity index (χ1) is 9.54. The molecule has 0 atom stereocenters. The number of carbonyl (C=O) groups is 2. The summed E-state index contributed by atoms with van der Waals surface area (Å²) in [6.07, 6.45) is 2.29. The quantitative estimate of drug-likeness (QED) is 0.572. The molecule has 0 bridgehead atoms. The molecule has 0 aromatic heterocycles. The summed E-state index contributed by atoms with van der Waals surface area (Å²) in [5.74, 6) is -0.0380. The van der Waals surface area contributed by atoms with Gasteiger partial charge >= 0.3 is 0 Å². The molecule has 118 valence electrons. The third kappa shape index (κ3) is 7.25. The Hall–Kier alpha value is -1.39. The van der Waals surface area contributed by atoms with E-state index in [4.69, 9.17) is 5.73 Å². The Labute approximate surface area is 132 Å². The van der Waals surface area contributed by atoms with Crippen LogP contribution in [0.4, 0.5) is 0 Å². The number of hydrogen-bond acceptors (Lipinski definition) is 3. The molecule has 0 spiro atoms. The Kier molecular flexibility index (Phi) is 9.67. The summed E-state index contributed by atoms with van der Waals surface area (Å²) in [5.41, 5.74) is 8.12. The highest BCUT2D eigenvalue weighted by Crippen LogP contribution is 2.13. The van der Waals surface area contributed by atoms with Gasteiger partial charge in [-0.15, -0.1) is 12.4 Å². The van der Waals surface area contributed by atoms with Crippen molar-refractivity contribution in [3.8, 4) is 0 Å². The number of nitrogens with one attached hydrogen (secondary N) is 1. The van der Waals surface area contributed by atoms with Gasteiger partial charge in [0.2, 0.25) is 5.91 Å². The Morgan fingerprint density at radius 3 is 2.52 bits per heavy atom. The molecule has 21 heavy (non-hydrogen) atoms. The van der Waals surface area contributed by atoms with Crippen molar-refractivity contribution in [2.24, 2.45) is 5.73 Å². The van der Waals surface area contributed by atoms with Crippen LogP contribution in [0.25, 0.3) is 0 Å². The zero-order valence-corrected chi connectivity index (χ0v) is 13.6. The zero-order valence-electron chi connectivity index (χ0n) is 12.8. The Bertz CT molecular complexity index is 475. The summed E-state index contributed by atoms with van der Waals surface area (Å²) in [4.78, 5) is 23.7. The highest BCUT2D eigenvalue weighted by molar-refractivity contribution is 5.99. The van der Waals surface area contributed by atoms with Gasteiger partial charge in [-0.25, -0.2) is 0 Å². The molecule has 0 saturated heterocycles. The van der Waals surface area contributed by atoms with E-state index in [2.05, 4.69) is 5.32 Å². The number of Topliss-reactive ketones (excluding diaryl/α,β-unsaturated/α-hetero) is 1. The molecule has 0 saturated carbocycles. The van der Waals surface area contributed by atoms with Gasteiger partial charge < -0.3 is 11.1 Å². The predicted octanol–water partition coefficient (Wildman–Crippen LogP) is 2.54. The van der Waals surface area contributed by atoms with Crippen LogP contribution in [0.5, 0.6) is 0 Å². The number of hydrogen-bond donors (Lipinski definition) is 2. The number of rotatable bonds is 8. The van der Waals surface area contributed by atoms with Crippen molar-refractivity contribution >= 4 is 24.1 Å². The van der Waals surface area contributed by atoms with Crippen LogP contribution in [0.2, 0.25) is 0 Å². The maximum atomic E-state index is 12.1. The molecule has 0 aliphatic carbocycles. The van der Waals surface area contributed by atoms with Crippen molar-refractivity contribution in [2.75, 3.05) is 13.1 Å². The summed E-state index contributed by atoms with van der Waals surface area (Å²) in [6.45, 7) is 5.15. The van der Waals surface area contributed by atoms with Crippen LogP contribution in [0.15, 0.2) is 18.2 Å². The minimum Gasteiger partial charge on any atom is -0.356 e. The average molecular weight is 313 g/mol. The van der Waals surface area contributed by atoms with E-state index in [-0.39, 0.29) is 36.9 Å². The number of benzene rings is 1. The normalized spacial score (nSPS) is 9.86. The number of unbranched alkanes of at least 4 members (excludes halogenated alkanes) is 1. The van der Waals surface area contributed by atoms with Gasteiger partial charge in [0.15, 0.2) is 5.78 Å². The maximum absolute atomic E-state index is 12.1. The van der Waals surface area contributed by atoms with Gasteiger partial charge in [0.05, 0.1) is 0 Å². The van der Waals surface area contributed by atoms with Gasteiger partial charge in [-0.2, -0.15) is 0 Å². The lowest BCUT2D eigenvalue weighted by Gasteiger charge is -2.07. The second-order valence-electron chi connectivity index (χ2n) is 5.09. The molecule has 0 fully saturated rings. The first kappa shape index (κ1) is 19.6. The number of aryl methyl sites for hydroxylation is 2. The number of halogens is 1. The molecular weight excluding hydrogens is 288 g/mol. The molecule has 3 N–H and O–H groups in total. The molecule has 0 aliphatic rings. The molecule has 0 radical (unpaired) electrons. The fraction of sp³-hybridized carbons (Fsp3) is 0.500. The highest BCUT2D eigenvalue weighted by Gasteiger charge is 2.11. The lowest BCUT2D eigenvalue weighted by atomic mass is 9.99. The summed E-state index contributed by atoms with van der Waals surface area (Å²) in [5, 5.41) is 2.80. The molecule has 0 heterocycles. The van der Waals surface area contributed by atoms with Crippen molar-refractivity contribution in [3.63, 3.8) is 0 Å². The summed E-state index contributed by atoms with van der Waals surface area (Å²) < 4.78 is 0. The van der Waals surface area contributed by atoms with E-state index in [0.29, 0.717) is 13.1 Å². The van der Waals surface area contributed by atoms with Gasteiger partial charge in [0.1, 0.15) is 0 Å². The topological polar surface area (TPSA) is 72.2 Å². The van der Waals surface area contributed by atoms with Crippen molar-refractivity contribution in [1.82, 2.24) is 5.32 Å². The van der Waals surface area contributed by atoms with E-state index in [1.165, 1.54) is 0 Å². The van der Waals surface area contributed by atoms with Crippen molar-refractivity contribution in [3.05, 3.63) is 34.9 Å². The molecule has 0 unspecified atom stereocenters. The van der Waals surface area contributed by atoms with Crippen LogP contribution < -0.4 is 11.1 Å². The largest absolute Gasteiger partial charge is 0.356 e. The summed E-state index contributed by atoms with van der Waals surface area (Å²) in [6, 6.07) is 5.81. The fourth-order valence-electron chi connectivity index (χ4n) is 1.98. The molecular formula is C16H25ClN2O2. The number of nitrogens with two attached hydrogens (primary N) is 1. The molecule has 0 aliphatic heterocycles. The monoisotopic (exact) mass is 312 g/mol. The molecule has 1 rings (SSSR count). The molecule has 4 nitrogen and oxygen atoms in total. The van der Waals surface area contributed by atoms with Crippen LogP contribution in [-0.2, 0) is 4.79 Å². The lowest BCUT2D eigenvalue weighted by molar-refractivity contribution is -0.121. The number of amides is 1. The Morgan fingerprint density at radius 2 is 1.86 bits per heavy atom. The molecule has 1 aromatic rings. The van der Waals surface area contributed by atoms with Gasteiger partial charge in [0.25, 0.3) is 0 Å². The molecule has 1 amide bonds. The number of carbonyl (C=O) groups excluding carboxylic acids is 2. The highest BCUT2D eigenvalue weighted by atomic mass is 35.5. The number of ketones is 1. The minimum atomic E-state index is -0.0688. The smallest absolute Gasteiger partial charge is 0.220 e. The standard InChI is InChI=1S/C16H24N2O2.ClH/c1-12-5-6-13(2)14(11-12)15(19)7-8-16(20)18-10-4-3-9-17;/h5-6,11H,3-4,7-10,17H2,1-2H3,(H,18,20);1H. The first-order valence-corrected chi connectivity index (χ1v) is 7.12. The molecule has 1 aromatic carbocycles.